The van der Waals surface area contributed by atoms with Crippen LogP contribution >= 0.6 is 0 Å². The Balaban J connectivity index is 2.41. The second-order valence-corrected chi connectivity index (χ2v) is 5.15. The number of carbonyl (C=O) groups excluding carboxylic acids is 1. The lowest BCUT2D eigenvalue weighted by molar-refractivity contribution is -0.118. The zero-order chi connectivity index (χ0) is 11.8. The molecule has 0 aliphatic carbocycles. The van der Waals surface area contributed by atoms with Crippen LogP contribution in [0.5, 0.6) is 0 Å². The zero-order valence-electron chi connectivity index (χ0n) is 11.0. The molecule has 1 rings (SSSR count). The van der Waals surface area contributed by atoms with Crippen LogP contribution in [0, 0.1) is 0 Å². The standard InChI is InChI=1S/C14H27NO/c1-3-4-7-10-15-11-8-5-6-9-14(15)12-13(2)16/h14H,3-12H2,1-2H3. The molecule has 0 saturated carbocycles. The van der Waals surface area contributed by atoms with Gasteiger partial charge in [-0.05, 0) is 39.3 Å². The smallest absolute Gasteiger partial charge is 0.131 e. The van der Waals surface area contributed by atoms with Crippen LogP contribution in [0.15, 0.2) is 0 Å². The molecule has 2 heteroatoms. The van der Waals surface area contributed by atoms with E-state index in [1.807, 2.05) is 0 Å². The first-order chi connectivity index (χ1) is 7.74. The van der Waals surface area contributed by atoms with Crippen molar-refractivity contribution in [2.24, 2.45) is 0 Å². The van der Waals surface area contributed by atoms with E-state index < -0.39 is 0 Å². The van der Waals surface area contributed by atoms with Crippen LogP contribution in [-0.4, -0.2) is 29.8 Å². The molecule has 1 unspecified atom stereocenters. The van der Waals surface area contributed by atoms with Gasteiger partial charge in [0.05, 0.1) is 0 Å². The van der Waals surface area contributed by atoms with Crippen molar-refractivity contribution in [2.45, 2.75) is 71.3 Å². The predicted molar refractivity (Wildman–Crippen MR) is 68.7 cm³/mol. The Bertz CT molecular complexity index is 203. The number of ketones is 1. The molecule has 16 heavy (non-hydrogen) atoms. The number of hydrogen-bond acceptors (Lipinski definition) is 2. The third-order valence-electron chi connectivity index (χ3n) is 3.57. The monoisotopic (exact) mass is 225 g/mol. The number of rotatable bonds is 6. The molecule has 94 valence electrons. The molecule has 1 aliphatic rings. The Morgan fingerprint density at radius 2 is 2.06 bits per heavy atom. The maximum atomic E-state index is 11.3. The van der Waals surface area contributed by atoms with E-state index in [2.05, 4.69) is 11.8 Å². The van der Waals surface area contributed by atoms with E-state index in [-0.39, 0.29) is 0 Å². The average Bonchev–Trinajstić information content (AvgIpc) is 2.44. The van der Waals surface area contributed by atoms with E-state index >= 15 is 0 Å². The summed E-state index contributed by atoms with van der Waals surface area (Å²) < 4.78 is 0. The van der Waals surface area contributed by atoms with Crippen molar-refractivity contribution in [3.8, 4) is 0 Å². The first-order valence-electron chi connectivity index (χ1n) is 6.97. The summed E-state index contributed by atoms with van der Waals surface area (Å²) >= 11 is 0. The molecule has 1 atom stereocenters. The molecule has 0 radical (unpaired) electrons. The summed E-state index contributed by atoms with van der Waals surface area (Å²) in [6.07, 6.45) is 9.87. The van der Waals surface area contributed by atoms with Crippen molar-refractivity contribution < 1.29 is 4.79 Å². The van der Waals surface area contributed by atoms with Crippen LogP contribution in [0.1, 0.15) is 65.2 Å². The van der Waals surface area contributed by atoms with Crippen molar-refractivity contribution in [3.63, 3.8) is 0 Å². The van der Waals surface area contributed by atoms with Gasteiger partial charge >= 0.3 is 0 Å². The molecule has 0 aromatic rings. The van der Waals surface area contributed by atoms with E-state index in [0.717, 1.165) is 6.42 Å². The number of likely N-dealkylation sites (tertiary alicyclic amines) is 1. The number of carbonyl (C=O) groups is 1. The summed E-state index contributed by atoms with van der Waals surface area (Å²) in [5.74, 6) is 0.354. The van der Waals surface area contributed by atoms with Gasteiger partial charge in [0.15, 0.2) is 0 Å². The second-order valence-electron chi connectivity index (χ2n) is 5.15. The Morgan fingerprint density at radius 1 is 1.25 bits per heavy atom. The maximum absolute atomic E-state index is 11.3. The van der Waals surface area contributed by atoms with Gasteiger partial charge in [-0.25, -0.2) is 0 Å². The predicted octanol–water partition coefficient (Wildman–Crippen LogP) is 3.40. The van der Waals surface area contributed by atoms with Gasteiger partial charge in [-0.15, -0.1) is 0 Å². The van der Waals surface area contributed by atoms with E-state index in [1.54, 1.807) is 6.92 Å². The van der Waals surface area contributed by atoms with Crippen molar-refractivity contribution in [1.82, 2.24) is 4.90 Å². The molecule has 1 saturated heterocycles. The van der Waals surface area contributed by atoms with Crippen molar-refractivity contribution in [2.75, 3.05) is 13.1 Å². The first kappa shape index (κ1) is 13.7. The summed E-state index contributed by atoms with van der Waals surface area (Å²) in [6.45, 7) is 6.39. The molecule has 0 bridgehead atoms. The third kappa shape index (κ3) is 5.11. The lowest BCUT2D eigenvalue weighted by atomic mass is 10.0. The van der Waals surface area contributed by atoms with Crippen molar-refractivity contribution >= 4 is 5.78 Å². The van der Waals surface area contributed by atoms with Gasteiger partial charge in [0.2, 0.25) is 0 Å². The van der Waals surface area contributed by atoms with Crippen LogP contribution in [0.25, 0.3) is 0 Å². The number of nitrogens with zero attached hydrogens (tertiary/aromatic N) is 1. The van der Waals surface area contributed by atoms with Crippen LogP contribution in [0.2, 0.25) is 0 Å². The molecule has 1 aliphatic heterocycles. The van der Waals surface area contributed by atoms with Gasteiger partial charge in [0, 0.05) is 12.5 Å². The molecule has 1 heterocycles. The minimum absolute atomic E-state index is 0.354. The molecule has 0 aromatic carbocycles. The highest BCUT2D eigenvalue weighted by Crippen LogP contribution is 2.20. The van der Waals surface area contributed by atoms with Gasteiger partial charge in [0.25, 0.3) is 0 Å². The molecular formula is C14H27NO. The fourth-order valence-corrected chi connectivity index (χ4v) is 2.66. The topological polar surface area (TPSA) is 20.3 Å². The van der Waals surface area contributed by atoms with Crippen LogP contribution in [-0.2, 0) is 4.79 Å². The summed E-state index contributed by atoms with van der Waals surface area (Å²) in [7, 11) is 0. The number of unbranched alkanes of at least 4 members (excludes halogenated alkanes) is 2. The summed E-state index contributed by atoms with van der Waals surface area (Å²) in [4.78, 5) is 13.8. The Labute approximate surface area is 100 Å². The molecule has 0 amide bonds. The van der Waals surface area contributed by atoms with Gasteiger partial charge in [-0.1, -0.05) is 32.6 Å². The van der Waals surface area contributed by atoms with E-state index in [0.29, 0.717) is 11.8 Å². The van der Waals surface area contributed by atoms with Crippen LogP contribution in [0.4, 0.5) is 0 Å². The van der Waals surface area contributed by atoms with Gasteiger partial charge in [-0.3, -0.25) is 9.69 Å². The summed E-state index contributed by atoms with van der Waals surface area (Å²) in [5.41, 5.74) is 0. The molecule has 0 aromatic heterocycles. The van der Waals surface area contributed by atoms with Gasteiger partial charge in [-0.2, -0.15) is 0 Å². The van der Waals surface area contributed by atoms with Crippen LogP contribution in [0.3, 0.4) is 0 Å². The van der Waals surface area contributed by atoms with Gasteiger partial charge in [0.1, 0.15) is 5.78 Å². The lowest BCUT2D eigenvalue weighted by Gasteiger charge is -2.29. The van der Waals surface area contributed by atoms with Crippen molar-refractivity contribution in [1.29, 1.82) is 0 Å². The number of Topliss-reactive ketones (excluding diaryl/α,β-unsaturated/α-hetero) is 1. The molecule has 0 spiro atoms. The Hall–Kier alpha value is -0.370. The second kappa shape index (κ2) is 7.83. The van der Waals surface area contributed by atoms with E-state index in [4.69, 9.17) is 0 Å². The zero-order valence-corrected chi connectivity index (χ0v) is 11.0. The minimum atomic E-state index is 0.354. The molecular weight excluding hydrogens is 198 g/mol. The highest BCUT2D eigenvalue weighted by Gasteiger charge is 2.21. The Morgan fingerprint density at radius 3 is 2.75 bits per heavy atom. The highest BCUT2D eigenvalue weighted by molar-refractivity contribution is 5.76. The normalized spacial score (nSPS) is 23.0. The maximum Gasteiger partial charge on any atom is 0.131 e. The SMILES string of the molecule is CCCCCN1CCCCCC1CC(C)=O. The highest BCUT2D eigenvalue weighted by atomic mass is 16.1. The average molecular weight is 225 g/mol. The van der Waals surface area contributed by atoms with E-state index in [9.17, 15) is 4.79 Å². The first-order valence-corrected chi connectivity index (χ1v) is 6.97. The minimum Gasteiger partial charge on any atom is -0.300 e. The Kier molecular flexibility index (Phi) is 6.70. The largest absolute Gasteiger partial charge is 0.300 e. The summed E-state index contributed by atoms with van der Waals surface area (Å²) in [6, 6.07) is 0.539. The number of hydrogen-bond donors (Lipinski definition) is 0. The van der Waals surface area contributed by atoms with E-state index in [1.165, 1.54) is 58.0 Å². The fraction of sp³-hybridized carbons (Fsp3) is 0.929. The molecule has 0 N–H and O–H groups in total. The molecule has 1 fully saturated rings. The van der Waals surface area contributed by atoms with Crippen LogP contribution < -0.4 is 0 Å². The fourth-order valence-electron chi connectivity index (χ4n) is 2.66. The van der Waals surface area contributed by atoms with Crippen molar-refractivity contribution in [3.05, 3.63) is 0 Å². The third-order valence-corrected chi connectivity index (χ3v) is 3.57. The lowest BCUT2D eigenvalue weighted by Crippen LogP contribution is -2.36. The quantitative estimate of drug-likeness (QED) is 0.646. The van der Waals surface area contributed by atoms with Gasteiger partial charge < -0.3 is 0 Å². The molecule has 2 nitrogen and oxygen atoms in total. The summed E-state index contributed by atoms with van der Waals surface area (Å²) in [5, 5.41) is 0.